The molecule has 0 N–H and O–H groups in total. The number of methoxy groups -OCH3 is 3. The van der Waals surface area contributed by atoms with Gasteiger partial charge >= 0.3 is 0 Å². The smallest absolute Gasteiger partial charge is 0.279 e. The summed E-state index contributed by atoms with van der Waals surface area (Å²) in [5, 5.41) is 8.30. The number of para-hydroxylation sites is 1. The van der Waals surface area contributed by atoms with E-state index >= 15 is 0 Å². The number of carbonyl (C=O) groups is 1. The molecule has 1 amide bonds. The van der Waals surface area contributed by atoms with Crippen LogP contribution >= 0.6 is 0 Å². The van der Waals surface area contributed by atoms with Crippen molar-refractivity contribution in [2.75, 3.05) is 32.8 Å². The van der Waals surface area contributed by atoms with Crippen LogP contribution in [-0.2, 0) is 4.79 Å². The van der Waals surface area contributed by atoms with E-state index < -0.39 is 0 Å². The monoisotopic (exact) mass is 379 g/mol. The van der Waals surface area contributed by atoms with E-state index in [9.17, 15) is 4.79 Å². The van der Waals surface area contributed by atoms with Gasteiger partial charge in [0.25, 0.3) is 5.91 Å². The number of hydrogen-bond acceptors (Lipinski definition) is 6. The van der Waals surface area contributed by atoms with Crippen molar-refractivity contribution in [3.8, 4) is 17.2 Å². The highest BCUT2D eigenvalue weighted by molar-refractivity contribution is 6.54. The maximum atomic E-state index is 12.7. The van der Waals surface area contributed by atoms with Gasteiger partial charge in [-0.25, -0.2) is 0 Å². The van der Waals surface area contributed by atoms with Gasteiger partial charge in [-0.2, -0.15) is 5.10 Å². The largest absolute Gasteiger partial charge is 0.496 e. The van der Waals surface area contributed by atoms with Gasteiger partial charge in [0.05, 0.1) is 33.2 Å². The zero-order valence-corrected chi connectivity index (χ0v) is 16.0. The molecule has 0 unspecified atom stereocenters. The highest BCUT2D eigenvalue weighted by atomic mass is 16.5. The lowest BCUT2D eigenvalue weighted by molar-refractivity contribution is -0.112. The summed E-state index contributed by atoms with van der Waals surface area (Å²) in [4.78, 5) is 14.3. The second-order valence-corrected chi connectivity index (χ2v) is 5.86. The van der Waals surface area contributed by atoms with Crippen LogP contribution in [0.4, 0.5) is 5.69 Å². The van der Waals surface area contributed by atoms with E-state index in [1.165, 1.54) is 6.21 Å². The van der Waals surface area contributed by atoms with Gasteiger partial charge in [0.1, 0.15) is 5.75 Å². The molecule has 3 rings (SSSR count). The summed E-state index contributed by atoms with van der Waals surface area (Å²) >= 11 is 0. The van der Waals surface area contributed by atoms with Gasteiger partial charge in [0.2, 0.25) is 0 Å². The molecular formula is C21H21N3O4. The number of anilines is 1. The fourth-order valence-corrected chi connectivity index (χ4v) is 2.97. The van der Waals surface area contributed by atoms with E-state index in [1.54, 1.807) is 44.4 Å². The number of nitrogens with zero attached hydrogens (tertiary/aromatic N) is 3. The van der Waals surface area contributed by atoms with E-state index in [2.05, 4.69) is 16.8 Å². The Morgan fingerprint density at radius 2 is 1.71 bits per heavy atom. The minimum absolute atomic E-state index is 0.211. The molecule has 1 aliphatic heterocycles. The summed E-state index contributed by atoms with van der Waals surface area (Å²) < 4.78 is 16.0. The molecule has 7 nitrogen and oxygen atoms in total. The fourth-order valence-electron chi connectivity index (χ4n) is 2.97. The number of ether oxygens (including phenoxy) is 3. The topological polar surface area (TPSA) is 72.7 Å². The van der Waals surface area contributed by atoms with Gasteiger partial charge in [-0.1, -0.05) is 24.3 Å². The second-order valence-electron chi connectivity index (χ2n) is 5.86. The highest BCUT2D eigenvalue weighted by Gasteiger charge is 2.33. The molecule has 2 aromatic rings. The number of hydrogen-bond donors (Lipinski definition) is 0. The molecule has 144 valence electrons. The third-order valence-electron chi connectivity index (χ3n) is 4.30. The third kappa shape index (κ3) is 3.46. The minimum Gasteiger partial charge on any atom is -0.496 e. The van der Waals surface area contributed by atoms with Crippen molar-refractivity contribution in [1.29, 1.82) is 0 Å². The van der Waals surface area contributed by atoms with Crippen molar-refractivity contribution in [3.05, 3.63) is 60.2 Å². The predicted octanol–water partition coefficient (Wildman–Crippen LogP) is 3.07. The van der Waals surface area contributed by atoms with Gasteiger partial charge in [0, 0.05) is 23.7 Å². The van der Waals surface area contributed by atoms with Crippen LogP contribution in [0.3, 0.4) is 0 Å². The van der Waals surface area contributed by atoms with Crippen LogP contribution in [0.1, 0.15) is 11.1 Å². The number of carbonyl (C=O) groups excluding carboxylic acids is 1. The van der Waals surface area contributed by atoms with Gasteiger partial charge in [-0.15, -0.1) is 11.7 Å². The van der Waals surface area contributed by atoms with Crippen LogP contribution in [0.15, 0.2) is 59.3 Å². The Bertz CT molecular complexity index is 966. The summed E-state index contributed by atoms with van der Waals surface area (Å²) in [5.41, 5.74) is 2.47. The van der Waals surface area contributed by atoms with E-state index in [0.717, 1.165) is 11.3 Å². The maximum Gasteiger partial charge on any atom is 0.279 e. The van der Waals surface area contributed by atoms with E-state index in [-0.39, 0.29) is 11.6 Å². The molecule has 0 radical (unpaired) electrons. The van der Waals surface area contributed by atoms with Crippen LogP contribution in [0, 0.1) is 0 Å². The minimum atomic E-state index is -0.211. The van der Waals surface area contributed by atoms with Crippen molar-refractivity contribution in [3.63, 3.8) is 0 Å². The van der Waals surface area contributed by atoms with Crippen molar-refractivity contribution in [2.45, 2.75) is 0 Å². The Morgan fingerprint density at radius 3 is 2.39 bits per heavy atom. The number of fused-ring (bicyclic) bond motifs is 1. The molecule has 28 heavy (non-hydrogen) atoms. The summed E-state index contributed by atoms with van der Waals surface area (Å²) in [7, 11) is 4.65. The predicted molar refractivity (Wildman–Crippen MR) is 109 cm³/mol. The lowest BCUT2D eigenvalue weighted by Gasteiger charge is -2.13. The lowest BCUT2D eigenvalue weighted by atomic mass is 10.1. The van der Waals surface area contributed by atoms with Crippen molar-refractivity contribution in [2.24, 2.45) is 10.2 Å². The molecular weight excluding hydrogens is 358 g/mol. The molecule has 2 aromatic carbocycles. The number of rotatable bonds is 7. The first-order chi connectivity index (χ1) is 13.6. The number of amides is 1. The second kappa shape index (κ2) is 8.39. The van der Waals surface area contributed by atoms with Crippen LogP contribution in [0.2, 0.25) is 0 Å². The van der Waals surface area contributed by atoms with Gasteiger partial charge in [-0.05, 0) is 12.1 Å². The van der Waals surface area contributed by atoms with Crippen molar-refractivity contribution >= 4 is 23.5 Å². The molecule has 0 fully saturated rings. The molecule has 7 heteroatoms. The molecule has 1 aliphatic rings. The average Bonchev–Trinajstić information content (AvgIpc) is 2.99. The van der Waals surface area contributed by atoms with Crippen LogP contribution < -0.4 is 19.1 Å². The van der Waals surface area contributed by atoms with Gasteiger partial charge < -0.3 is 19.1 Å². The van der Waals surface area contributed by atoms with E-state index in [1.807, 2.05) is 24.3 Å². The Kier molecular flexibility index (Phi) is 5.74. The zero-order valence-electron chi connectivity index (χ0n) is 16.0. The summed E-state index contributed by atoms with van der Waals surface area (Å²) in [5.74, 6) is 1.42. The standard InChI is InChI=1S/C21H21N3O4/c1-5-10-24-16-9-7-6-8-15(16)20(21(24)25)23-22-13-14-11-18(27-3)19(28-4)12-17(14)26-2/h5-9,11-13H,1,10H2,2-4H3/b22-13-,23-20-. The van der Waals surface area contributed by atoms with Crippen molar-refractivity contribution in [1.82, 2.24) is 0 Å². The summed E-state index contributed by atoms with van der Waals surface area (Å²) in [6.45, 7) is 4.11. The average molecular weight is 379 g/mol. The fraction of sp³-hybridized carbons (Fsp3) is 0.190. The van der Waals surface area contributed by atoms with Gasteiger partial charge in [-0.3, -0.25) is 4.79 Å². The highest BCUT2D eigenvalue weighted by Crippen LogP contribution is 2.34. The van der Waals surface area contributed by atoms with Crippen molar-refractivity contribution < 1.29 is 19.0 Å². The first kappa shape index (κ1) is 19.2. The van der Waals surface area contributed by atoms with Crippen LogP contribution in [-0.4, -0.2) is 45.7 Å². The lowest BCUT2D eigenvalue weighted by Crippen LogP contribution is -2.30. The number of benzene rings is 2. The van der Waals surface area contributed by atoms with Gasteiger partial charge in [0.15, 0.2) is 17.2 Å². The quantitative estimate of drug-likeness (QED) is 0.421. The molecule has 0 aliphatic carbocycles. The molecule has 0 aromatic heterocycles. The third-order valence-corrected chi connectivity index (χ3v) is 4.30. The first-order valence-electron chi connectivity index (χ1n) is 8.57. The molecule has 0 bridgehead atoms. The maximum absolute atomic E-state index is 12.7. The van der Waals surface area contributed by atoms with Crippen LogP contribution in [0.5, 0.6) is 17.2 Å². The Hall–Kier alpha value is -3.61. The Morgan fingerprint density at radius 1 is 1.04 bits per heavy atom. The van der Waals surface area contributed by atoms with E-state index in [0.29, 0.717) is 29.4 Å². The normalized spacial score (nSPS) is 14.5. The molecule has 0 atom stereocenters. The Labute approximate surface area is 163 Å². The summed E-state index contributed by atoms with van der Waals surface area (Å²) in [6, 6.07) is 10.9. The summed E-state index contributed by atoms with van der Waals surface area (Å²) in [6.07, 6.45) is 3.19. The molecule has 0 saturated heterocycles. The van der Waals surface area contributed by atoms with Crippen LogP contribution in [0.25, 0.3) is 0 Å². The molecule has 0 spiro atoms. The zero-order chi connectivity index (χ0) is 20.1. The molecule has 0 saturated carbocycles. The first-order valence-corrected chi connectivity index (χ1v) is 8.57. The molecule has 1 heterocycles. The Balaban J connectivity index is 1.97. The SMILES string of the molecule is C=CCN1C(=O)/C(=N\N=C/c2cc(OC)c(OC)cc2OC)c2ccccc21. The van der Waals surface area contributed by atoms with E-state index in [4.69, 9.17) is 14.2 Å².